The van der Waals surface area contributed by atoms with Crippen LogP contribution in [0.4, 0.5) is 0 Å². The summed E-state index contributed by atoms with van der Waals surface area (Å²) in [5.74, 6) is 0. The van der Waals surface area contributed by atoms with Gasteiger partial charge in [-0.2, -0.15) is 0 Å². The fourth-order valence-electron chi connectivity index (χ4n) is 9.29. The highest BCUT2D eigenvalue weighted by Crippen LogP contribution is 2.60. The van der Waals surface area contributed by atoms with Gasteiger partial charge in [0, 0.05) is 6.23 Å². The Labute approximate surface area is 538 Å². The van der Waals surface area contributed by atoms with Crippen molar-refractivity contribution in [3.05, 3.63) is 0 Å². The van der Waals surface area contributed by atoms with E-state index in [0.717, 1.165) is 115 Å². The highest BCUT2D eigenvalue weighted by atomic mass is 31.2. The number of hydrogen-bond donors (Lipinski definition) is 0. The Balaban J connectivity index is -0.000000519. The van der Waals surface area contributed by atoms with Crippen LogP contribution >= 0.6 is 15.6 Å². The van der Waals surface area contributed by atoms with E-state index in [1.54, 1.807) is 0 Å². The summed E-state index contributed by atoms with van der Waals surface area (Å²) in [7, 11) is -29.2. The van der Waals surface area contributed by atoms with Crippen molar-refractivity contribution in [2.24, 2.45) is 0 Å². The Morgan fingerprint density at radius 2 is 0.440 bits per heavy atom. The molecule has 0 saturated heterocycles. The molecule has 84 heavy (non-hydrogen) atoms. The zero-order valence-electron chi connectivity index (χ0n) is 62.3. The monoisotopic (exact) mass is 1440 g/mol. The summed E-state index contributed by atoms with van der Waals surface area (Å²) < 4.78 is 101. The van der Waals surface area contributed by atoms with E-state index in [0.29, 0.717) is 0 Å². The average molecular weight is 1440 g/mol. The van der Waals surface area contributed by atoms with Crippen LogP contribution in [0.25, 0.3) is 0 Å². The third-order valence-corrected chi connectivity index (χ3v) is 60.7. The maximum Gasteiger partial charge on any atom is 0.617 e. The summed E-state index contributed by atoms with van der Waals surface area (Å²) >= 11 is 0. The molecular formula is C54H144B2O14P2Si12. The van der Waals surface area contributed by atoms with Gasteiger partial charge in [0.25, 0.3) is 0 Å². The van der Waals surface area contributed by atoms with Crippen LogP contribution in [0.1, 0.15) is 125 Å². The Bertz CT molecular complexity index is 1560. The molecule has 0 unspecified atom stereocenters. The minimum absolute atomic E-state index is 0.412. The standard InChI is InChI=1S/C18H45BO3Si3.C18H45O4PSi3.C9H27BO3Si3.C9H27O4PSi3/c1-10-23(11-2,12-3)20-19(21-24(13-4,14-5)15-6)22-25(16-7,17-8)18-9;1-10-24(11-2,12-3)20-23(19,21-25(13-4,14-5)15-6)22-26(16-7,17-8)18-9;1-14(2)9-11-10(12-15(3,4)5)13-16(6,7)8;1-15(2,3)11-14(10,12-16(4,5)6)13-17(7,8)9/h10-18H2,1-9H3;10-18H2,1-9H3;14H,9H2,1-8H3;1-9H3. The topological polar surface area (TPSA) is 145 Å². The van der Waals surface area contributed by atoms with Crippen LogP contribution in [-0.2, 0) is 60.8 Å². The molecule has 0 aromatic rings. The first-order valence-electron chi connectivity index (χ1n) is 33.6. The molecule has 0 aromatic carbocycles. The van der Waals surface area contributed by atoms with Gasteiger partial charge in [-0.15, -0.1) is 0 Å². The third kappa shape index (κ3) is 39.4. The van der Waals surface area contributed by atoms with Crippen LogP contribution in [0.2, 0.25) is 220 Å². The maximum absolute atomic E-state index is 14.1. The normalized spacial score (nSPS) is 13.9. The lowest BCUT2D eigenvalue weighted by molar-refractivity contribution is 0.227. The Morgan fingerprint density at radius 1 is 0.262 bits per heavy atom. The van der Waals surface area contributed by atoms with Crippen molar-refractivity contribution >= 4 is 131 Å². The van der Waals surface area contributed by atoms with E-state index in [2.05, 4.69) is 177 Å². The van der Waals surface area contributed by atoms with E-state index in [1.165, 1.54) is 0 Å². The van der Waals surface area contributed by atoms with Crippen molar-refractivity contribution in [3.63, 3.8) is 0 Å². The predicted octanol–water partition coefficient (Wildman–Crippen LogP) is 22.6. The molecule has 30 heteroatoms. The average Bonchev–Trinajstić information content (AvgIpc) is 3.57. The SMILES string of the molecule is CC[Si](CC)(CC)OB(O[Si](CC)(CC)CC)O[Si](CC)(CC)CC.CC[Si](CC)(CC)OP(=O)(O[Si](CC)(CC)CC)O[Si](CC)(CC)CC.C[SiH](C)COB(O[Si](C)(C)C)O[Si](C)(C)C.C[Si](C)(C)OP(=O)(O[Si](C)(C)C)O[Si](C)(C)C. The zero-order chi connectivity index (χ0) is 67.2. The highest BCUT2D eigenvalue weighted by Gasteiger charge is 2.50. The van der Waals surface area contributed by atoms with Gasteiger partial charge in [0.15, 0.2) is 66.5 Å². The van der Waals surface area contributed by atoms with Gasteiger partial charge in [-0.3, -0.25) is 0 Å². The second kappa shape index (κ2) is 42.2. The number of phosphoric acid groups is 2. The van der Waals surface area contributed by atoms with Gasteiger partial charge >= 0.3 is 30.3 Å². The summed E-state index contributed by atoms with van der Waals surface area (Å²) in [5, 5.41) is 0. The van der Waals surface area contributed by atoms with Gasteiger partial charge < -0.3 is 51.6 Å². The largest absolute Gasteiger partial charge is 0.617 e. The summed E-state index contributed by atoms with van der Waals surface area (Å²) in [6.45, 7) is 75.4. The highest BCUT2D eigenvalue weighted by molar-refractivity contribution is 7.54. The minimum atomic E-state index is -3.55. The molecule has 0 atom stereocenters. The van der Waals surface area contributed by atoms with E-state index < -0.39 is 131 Å². The van der Waals surface area contributed by atoms with Gasteiger partial charge in [0.05, 0.1) is 8.80 Å². The molecule has 0 spiro atoms. The summed E-state index contributed by atoms with van der Waals surface area (Å²) in [4.78, 5) is 0. The Morgan fingerprint density at radius 3 is 0.583 bits per heavy atom. The fourth-order valence-corrected chi connectivity index (χ4v) is 44.9. The molecule has 508 valence electrons. The van der Waals surface area contributed by atoms with Crippen LogP contribution in [-0.4, -0.2) is 121 Å². The van der Waals surface area contributed by atoms with E-state index in [-0.39, 0.29) is 0 Å². The van der Waals surface area contributed by atoms with Crippen molar-refractivity contribution in [2.45, 2.75) is 345 Å². The van der Waals surface area contributed by atoms with Gasteiger partial charge in [0.2, 0.25) is 25.0 Å². The van der Waals surface area contributed by atoms with E-state index in [4.69, 9.17) is 51.6 Å². The van der Waals surface area contributed by atoms with Gasteiger partial charge in [-0.05, 0) is 207 Å². The Hall–Kier alpha value is 2.71. The predicted molar refractivity (Wildman–Crippen MR) is 403 cm³/mol. The molecule has 0 aromatic heterocycles. The smallest absolute Gasteiger partial charge is 0.429 e. The molecule has 0 saturated carbocycles. The van der Waals surface area contributed by atoms with E-state index >= 15 is 0 Å². The number of rotatable bonds is 43. The second-order valence-corrected chi connectivity index (χ2v) is 86.9. The first-order valence-corrected chi connectivity index (χ1v) is 71.8. The first kappa shape index (κ1) is 93.1. The molecule has 0 heterocycles. The molecule has 0 aliphatic rings. The lowest BCUT2D eigenvalue weighted by atomic mass is 10.3. The van der Waals surface area contributed by atoms with Crippen LogP contribution < -0.4 is 0 Å². The van der Waals surface area contributed by atoms with E-state index in [1.807, 2.05) is 58.9 Å². The van der Waals surface area contributed by atoms with Crippen LogP contribution in [0, 0.1) is 0 Å². The minimum Gasteiger partial charge on any atom is -0.429 e. The third-order valence-electron chi connectivity index (χ3n) is 16.2. The number of hydrogen-bond acceptors (Lipinski definition) is 14. The summed E-state index contributed by atoms with van der Waals surface area (Å²) in [6.07, 6.45) is 0.819. The molecule has 0 aliphatic heterocycles. The van der Waals surface area contributed by atoms with Gasteiger partial charge in [-0.25, -0.2) is 9.13 Å². The molecule has 14 nitrogen and oxygen atoms in total. The maximum atomic E-state index is 14.1. The van der Waals surface area contributed by atoms with Crippen LogP contribution in [0.15, 0.2) is 0 Å². The van der Waals surface area contributed by atoms with E-state index in [9.17, 15) is 9.13 Å². The summed E-state index contributed by atoms with van der Waals surface area (Å²) in [6, 6.07) is 18.8. The zero-order valence-corrected chi connectivity index (χ0v) is 76.2. The fraction of sp³-hybridized carbons (Fsp3) is 1.00. The van der Waals surface area contributed by atoms with Gasteiger partial charge in [0.1, 0.15) is 0 Å². The molecule has 0 rings (SSSR count). The lowest BCUT2D eigenvalue weighted by Gasteiger charge is -2.41. The second-order valence-electron chi connectivity index (χ2n) is 28.4. The van der Waals surface area contributed by atoms with Crippen molar-refractivity contribution in [3.8, 4) is 0 Å². The first-order chi connectivity index (χ1) is 38.1. The van der Waals surface area contributed by atoms with Crippen molar-refractivity contribution in [2.75, 3.05) is 6.23 Å². The van der Waals surface area contributed by atoms with Crippen molar-refractivity contribution in [1.82, 2.24) is 0 Å². The molecule has 0 fully saturated rings. The molecule has 0 N–H and O–H groups in total. The van der Waals surface area contributed by atoms with Crippen LogP contribution in [0.5, 0.6) is 0 Å². The molecule has 0 bridgehead atoms. The van der Waals surface area contributed by atoms with Gasteiger partial charge in [-0.1, -0.05) is 138 Å². The molecule has 0 radical (unpaired) electrons. The summed E-state index contributed by atoms with van der Waals surface area (Å²) in [5.41, 5.74) is 0. The quantitative estimate of drug-likeness (QED) is 0.0422. The van der Waals surface area contributed by atoms with Crippen molar-refractivity contribution < 1.29 is 60.8 Å². The van der Waals surface area contributed by atoms with Crippen LogP contribution in [0.3, 0.4) is 0 Å². The molecule has 0 amide bonds. The Kier molecular flexibility index (Phi) is 46.8. The molecular weight excluding hydrogens is 1290 g/mol. The molecule has 0 aliphatic carbocycles. The van der Waals surface area contributed by atoms with Crippen molar-refractivity contribution in [1.29, 1.82) is 0 Å². The lowest BCUT2D eigenvalue weighted by Crippen LogP contribution is -2.55.